The highest BCUT2D eigenvalue weighted by molar-refractivity contribution is 7.92. The molecule has 47 heavy (non-hydrogen) atoms. The van der Waals surface area contributed by atoms with Gasteiger partial charge >= 0.3 is 0 Å². The molecule has 15 heteroatoms. The number of nitro groups is 1. The van der Waals surface area contributed by atoms with E-state index in [4.69, 9.17) is 39.5 Å². The van der Waals surface area contributed by atoms with Gasteiger partial charge in [0.05, 0.1) is 22.6 Å². The Morgan fingerprint density at radius 2 is 1.70 bits per heavy atom. The van der Waals surface area contributed by atoms with Gasteiger partial charge in [0, 0.05) is 44.8 Å². The first-order chi connectivity index (χ1) is 22.2. The molecule has 0 bridgehead atoms. The molecule has 1 N–H and O–H groups in total. The zero-order valence-electron chi connectivity index (χ0n) is 26.0. The van der Waals surface area contributed by atoms with Crippen LogP contribution in [0.15, 0.2) is 59.5 Å². The van der Waals surface area contributed by atoms with Crippen molar-refractivity contribution in [1.29, 1.82) is 0 Å². The summed E-state index contributed by atoms with van der Waals surface area (Å²) < 4.78 is 34.8. The highest BCUT2D eigenvalue weighted by Gasteiger charge is 2.36. The fraction of sp³-hybridized carbons (Fsp3) is 0.375. The van der Waals surface area contributed by atoms with Crippen LogP contribution in [-0.4, -0.2) is 55.8 Å². The third-order valence-electron chi connectivity index (χ3n) is 8.16. The fourth-order valence-electron chi connectivity index (χ4n) is 5.45. The van der Waals surface area contributed by atoms with Gasteiger partial charge < -0.3 is 15.0 Å². The SMILES string of the molecule is COc1ccc(Cl)cc1N(CC(=O)N(Cc1c(Cl)cccc1Cl)C(C)C(=O)NC1CCCCC1)S(=O)(=O)c1ccc(C)c([N+](=O)[O-])c1. The molecule has 1 aliphatic carbocycles. The number of benzene rings is 3. The zero-order chi connectivity index (χ0) is 34.5. The average Bonchev–Trinajstić information content (AvgIpc) is 3.03. The Kier molecular flexibility index (Phi) is 12.0. The van der Waals surface area contributed by atoms with E-state index in [-0.39, 0.29) is 44.7 Å². The van der Waals surface area contributed by atoms with Gasteiger partial charge in [0.25, 0.3) is 15.7 Å². The smallest absolute Gasteiger partial charge is 0.273 e. The lowest BCUT2D eigenvalue weighted by Crippen LogP contribution is -2.53. The molecule has 0 radical (unpaired) electrons. The predicted molar refractivity (Wildman–Crippen MR) is 182 cm³/mol. The number of nitrogens with one attached hydrogen (secondary N) is 1. The van der Waals surface area contributed by atoms with Crippen molar-refractivity contribution in [3.8, 4) is 5.75 Å². The first-order valence-corrected chi connectivity index (χ1v) is 17.5. The molecule has 3 aromatic rings. The molecule has 3 aromatic carbocycles. The second-order valence-corrected chi connectivity index (χ2v) is 14.4. The van der Waals surface area contributed by atoms with Gasteiger partial charge in [0.2, 0.25) is 11.8 Å². The van der Waals surface area contributed by atoms with Gasteiger partial charge in [0.1, 0.15) is 18.3 Å². The summed E-state index contributed by atoms with van der Waals surface area (Å²) in [5.74, 6) is -1.13. The highest BCUT2D eigenvalue weighted by atomic mass is 35.5. The van der Waals surface area contributed by atoms with E-state index < -0.39 is 49.9 Å². The maximum absolute atomic E-state index is 14.4. The molecule has 1 fully saturated rings. The van der Waals surface area contributed by atoms with Crippen LogP contribution in [0.1, 0.15) is 50.2 Å². The van der Waals surface area contributed by atoms with Crippen LogP contribution < -0.4 is 14.4 Å². The first kappa shape index (κ1) is 36.3. The first-order valence-electron chi connectivity index (χ1n) is 14.9. The minimum Gasteiger partial charge on any atom is -0.495 e. The monoisotopic (exact) mass is 724 g/mol. The molecule has 0 aromatic heterocycles. The van der Waals surface area contributed by atoms with Gasteiger partial charge in [0.15, 0.2) is 0 Å². The normalized spacial score (nSPS) is 14.3. The number of hydrogen-bond donors (Lipinski definition) is 1. The molecule has 0 heterocycles. The Bertz CT molecular complexity index is 1750. The number of methoxy groups -OCH3 is 1. The summed E-state index contributed by atoms with van der Waals surface area (Å²) in [4.78, 5) is 39.7. The lowest BCUT2D eigenvalue weighted by Gasteiger charge is -2.34. The van der Waals surface area contributed by atoms with Crippen molar-refractivity contribution in [2.75, 3.05) is 18.0 Å². The fourth-order valence-corrected chi connectivity index (χ4v) is 7.57. The van der Waals surface area contributed by atoms with Gasteiger partial charge in [-0.1, -0.05) is 66.2 Å². The van der Waals surface area contributed by atoms with Crippen molar-refractivity contribution in [3.05, 3.63) is 90.9 Å². The van der Waals surface area contributed by atoms with Crippen molar-refractivity contribution in [2.45, 2.75) is 69.5 Å². The van der Waals surface area contributed by atoms with E-state index >= 15 is 0 Å². The number of hydrogen-bond acceptors (Lipinski definition) is 7. The minimum absolute atomic E-state index is 0.0514. The molecule has 2 amide bonds. The molecule has 0 aliphatic heterocycles. The van der Waals surface area contributed by atoms with E-state index in [9.17, 15) is 28.1 Å². The number of aryl methyl sites for hydroxylation is 1. The Morgan fingerprint density at radius 3 is 2.32 bits per heavy atom. The Labute approximate surface area is 288 Å². The molecule has 1 atom stereocenters. The van der Waals surface area contributed by atoms with Crippen molar-refractivity contribution < 1.29 is 27.7 Å². The highest BCUT2D eigenvalue weighted by Crippen LogP contribution is 2.36. The molecule has 4 rings (SSSR count). The molecule has 1 aliphatic rings. The van der Waals surface area contributed by atoms with Gasteiger partial charge in [-0.25, -0.2) is 8.42 Å². The zero-order valence-corrected chi connectivity index (χ0v) is 29.1. The number of sulfonamides is 1. The summed E-state index contributed by atoms with van der Waals surface area (Å²) in [6, 6.07) is 11.4. The lowest BCUT2D eigenvalue weighted by molar-refractivity contribution is -0.385. The van der Waals surface area contributed by atoms with Gasteiger partial charge in [-0.15, -0.1) is 0 Å². The van der Waals surface area contributed by atoms with Gasteiger partial charge in [-0.2, -0.15) is 0 Å². The maximum atomic E-state index is 14.4. The van der Waals surface area contributed by atoms with Crippen LogP contribution in [0.2, 0.25) is 15.1 Å². The maximum Gasteiger partial charge on any atom is 0.273 e. The van der Waals surface area contributed by atoms with Gasteiger partial charge in [-0.3, -0.25) is 24.0 Å². The third-order valence-corrected chi connectivity index (χ3v) is 10.9. The molecule has 1 saturated carbocycles. The summed E-state index contributed by atoms with van der Waals surface area (Å²) in [5, 5.41) is 15.4. The number of anilines is 1. The van der Waals surface area contributed by atoms with Crippen LogP contribution in [0.4, 0.5) is 11.4 Å². The van der Waals surface area contributed by atoms with Crippen LogP contribution in [0.25, 0.3) is 0 Å². The number of carbonyl (C=O) groups is 2. The van der Waals surface area contributed by atoms with E-state index in [1.54, 1.807) is 25.1 Å². The number of amides is 2. The van der Waals surface area contributed by atoms with Gasteiger partial charge in [-0.05, 0) is 63.1 Å². The van der Waals surface area contributed by atoms with Crippen molar-refractivity contribution in [3.63, 3.8) is 0 Å². The van der Waals surface area contributed by atoms with Crippen LogP contribution in [0.3, 0.4) is 0 Å². The Balaban J connectivity index is 1.81. The number of rotatable bonds is 12. The summed E-state index contributed by atoms with van der Waals surface area (Å²) in [6.45, 7) is 1.98. The van der Waals surface area contributed by atoms with Crippen LogP contribution in [0.5, 0.6) is 5.75 Å². The van der Waals surface area contributed by atoms with E-state index in [0.717, 1.165) is 42.5 Å². The van der Waals surface area contributed by atoms with Crippen molar-refractivity contribution >= 4 is 68.0 Å². The largest absolute Gasteiger partial charge is 0.495 e. The molecular formula is C32H35Cl3N4O7S. The number of nitro benzene ring substituents is 1. The van der Waals surface area contributed by atoms with Crippen LogP contribution >= 0.6 is 34.8 Å². The van der Waals surface area contributed by atoms with Crippen molar-refractivity contribution in [1.82, 2.24) is 10.2 Å². The second kappa shape index (κ2) is 15.5. The van der Waals surface area contributed by atoms with Crippen molar-refractivity contribution in [2.24, 2.45) is 0 Å². The minimum atomic E-state index is -4.67. The number of ether oxygens (including phenoxy) is 1. The predicted octanol–water partition coefficient (Wildman–Crippen LogP) is 6.93. The number of carbonyl (C=O) groups excluding carboxylic acids is 2. The molecule has 0 saturated heterocycles. The van der Waals surface area contributed by atoms with E-state index in [1.165, 1.54) is 49.3 Å². The second-order valence-electron chi connectivity index (χ2n) is 11.3. The Morgan fingerprint density at radius 1 is 1.04 bits per heavy atom. The topological polar surface area (TPSA) is 139 Å². The standard InChI is InChI=1S/C32H35Cl3N4O7S/c1-20-12-14-24(17-28(20)39(42)43)47(44,45)38(29-16-22(33)13-15-30(29)46-3)19-31(40)37(18-25-26(34)10-7-11-27(25)35)21(2)32(41)36-23-8-5-4-6-9-23/h7,10-17,21,23H,4-6,8-9,18-19H2,1-3H3,(H,36,41). The summed E-state index contributed by atoms with van der Waals surface area (Å²) >= 11 is 19.2. The van der Waals surface area contributed by atoms with E-state index in [0.29, 0.717) is 5.56 Å². The molecule has 252 valence electrons. The van der Waals surface area contributed by atoms with E-state index in [1.807, 2.05) is 0 Å². The average molecular weight is 726 g/mol. The quantitative estimate of drug-likeness (QED) is 0.158. The molecule has 0 spiro atoms. The molecule has 1 unspecified atom stereocenters. The Hall–Kier alpha value is -3.58. The van der Waals surface area contributed by atoms with E-state index in [2.05, 4.69) is 5.32 Å². The third kappa shape index (κ3) is 8.48. The number of halogens is 3. The summed E-state index contributed by atoms with van der Waals surface area (Å²) in [7, 11) is -3.35. The van der Waals surface area contributed by atoms with Crippen LogP contribution in [-0.2, 0) is 26.2 Å². The summed E-state index contributed by atoms with van der Waals surface area (Å²) in [5.41, 5.74) is 0.105. The molecule has 11 nitrogen and oxygen atoms in total. The lowest BCUT2D eigenvalue weighted by atomic mass is 9.95. The number of nitrogens with zero attached hydrogens (tertiary/aromatic N) is 3. The van der Waals surface area contributed by atoms with Crippen LogP contribution in [0, 0.1) is 17.0 Å². The molecular weight excluding hydrogens is 691 g/mol. The summed E-state index contributed by atoms with van der Waals surface area (Å²) in [6.07, 6.45) is 4.66.